The van der Waals surface area contributed by atoms with E-state index in [1.165, 1.54) is 0 Å². The van der Waals surface area contributed by atoms with E-state index in [0.29, 0.717) is 30.4 Å². The molecule has 2 aromatic heterocycles. The molecule has 1 aliphatic rings. The van der Waals surface area contributed by atoms with Crippen LogP contribution in [-0.2, 0) is 11.2 Å². The summed E-state index contributed by atoms with van der Waals surface area (Å²) in [7, 11) is 0. The molecule has 2 aromatic rings. The van der Waals surface area contributed by atoms with Crippen molar-refractivity contribution in [2.24, 2.45) is 0 Å². The maximum atomic E-state index is 5.61. The SMILES string of the molecule is Brc1cnc(-c2noc(CC3CNCCO3)n2)c(Br)c1. The lowest BCUT2D eigenvalue weighted by molar-refractivity contribution is 0.0246. The molecule has 0 radical (unpaired) electrons. The molecule has 1 atom stereocenters. The molecule has 1 saturated heterocycles. The predicted molar refractivity (Wildman–Crippen MR) is 79.2 cm³/mol. The molecule has 1 fully saturated rings. The number of aromatic nitrogens is 3. The zero-order valence-corrected chi connectivity index (χ0v) is 13.6. The third-order valence-corrected chi connectivity index (χ3v) is 3.93. The van der Waals surface area contributed by atoms with Crippen LogP contribution in [-0.4, -0.2) is 40.9 Å². The summed E-state index contributed by atoms with van der Waals surface area (Å²) in [4.78, 5) is 8.66. The van der Waals surface area contributed by atoms with Crippen molar-refractivity contribution in [3.8, 4) is 11.5 Å². The second-order valence-electron chi connectivity index (χ2n) is 4.40. The quantitative estimate of drug-likeness (QED) is 0.846. The molecular weight excluding hydrogens is 392 g/mol. The van der Waals surface area contributed by atoms with Crippen molar-refractivity contribution in [3.05, 3.63) is 27.1 Å². The van der Waals surface area contributed by atoms with Crippen molar-refractivity contribution in [1.29, 1.82) is 0 Å². The summed E-state index contributed by atoms with van der Waals surface area (Å²) in [6.07, 6.45) is 2.39. The Labute approximate surface area is 132 Å². The molecule has 106 valence electrons. The lowest BCUT2D eigenvalue weighted by Gasteiger charge is -2.21. The second kappa shape index (κ2) is 6.30. The molecule has 20 heavy (non-hydrogen) atoms. The molecule has 8 heteroatoms. The topological polar surface area (TPSA) is 73.1 Å². The first kappa shape index (κ1) is 14.1. The van der Waals surface area contributed by atoms with Crippen LogP contribution in [0.5, 0.6) is 0 Å². The first-order chi connectivity index (χ1) is 9.72. The molecule has 0 aromatic carbocycles. The number of halogens is 2. The summed E-state index contributed by atoms with van der Waals surface area (Å²) in [6, 6.07) is 1.90. The van der Waals surface area contributed by atoms with Gasteiger partial charge in [0.15, 0.2) is 0 Å². The maximum absolute atomic E-state index is 5.61. The minimum atomic E-state index is 0.0818. The summed E-state index contributed by atoms with van der Waals surface area (Å²) < 4.78 is 12.6. The minimum Gasteiger partial charge on any atom is -0.375 e. The van der Waals surface area contributed by atoms with Crippen molar-refractivity contribution >= 4 is 31.9 Å². The second-order valence-corrected chi connectivity index (χ2v) is 6.17. The highest BCUT2D eigenvalue weighted by molar-refractivity contribution is 9.11. The Morgan fingerprint density at radius 1 is 1.40 bits per heavy atom. The van der Waals surface area contributed by atoms with E-state index >= 15 is 0 Å². The van der Waals surface area contributed by atoms with Gasteiger partial charge in [0.05, 0.1) is 19.1 Å². The normalized spacial score (nSPS) is 19.2. The van der Waals surface area contributed by atoms with Gasteiger partial charge in [-0.2, -0.15) is 4.98 Å². The van der Waals surface area contributed by atoms with Crippen LogP contribution in [0.1, 0.15) is 5.89 Å². The van der Waals surface area contributed by atoms with E-state index in [1.54, 1.807) is 6.20 Å². The molecule has 0 bridgehead atoms. The summed E-state index contributed by atoms with van der Waals surface area (Å²) in [6.45, 7) is 2.41. The van der Waals surface area contributed by atoms with Crippen molar-refractivity contribution < 1.29 is 9.26 Å². The van der Waals surface area contributed by atoms with Gasteiger partial charge in [-0.3, -0.25) is 4.98 Å². The van der Waals surface area contributed by atoms with Crippen LogP contribution >= 0.6 is 31.9 Å². The smallest absolute Gasteiger partial charge is 0.229 e. The number of rotatable bonds is 3. The summed E-state index contributed by atoms with van der Waals surface area (Å²) in [5, 5.41) is 7.24. The van der Waals surface area contributed by atoms with Gasteiger partial charge in [-0.05, 0) is 37.9 Å². The standard InChI is InChI=1S/C12H12Br2N4O2/c13-7-3-9(14)11(16-5-7)12-17-10(20-18-12)4-8-6-15-1-2-19-8/h3,5,8,15H,1-2,4,6H2. The summed E-state index contributed by atoms with van der Waals surface area (Å²) in [5.41, 5.74) is 0.658. The Hall–Kier alpha value is -0.830. The van der Waals surface area contributed by atoms with Gasteiger partial charge >= 0.3 is 0 Å². The van der Waals surface area contributed by atoms with Gasteiger partial charge in [0.1, 0.15) is 5.69 Å². The van der Waals surface area contributed by atoms with E-state index in [-0.39, 0.29) is 6.10 Å². The monoisotopic (exact) mass is 402 g/mol. The third kappa shape index (κ3) is 3.25. The van der Waals surface area contributed by atoms with E-state index in [4.69, 9.17) is 9.26 Å². The van der Waals surface area contributed by atoms with Gasteiger partial charge in [0.25, 0.3) is 0 Å². The van der Waals surface area contributed by atoms with Crippen molar-refractivity contribution in [3.63, 3.8) is 0 Å². The highest BCUT2D eigenvalue weighted by Gasteiger charge is 2.19. The fourth-order valence-corrected chi connectivity index (χ4v) is 3.12. The number of nitrogens with one attached hydrogen (secondary N) is 1. The van der Waals surface area contributed by atoms with Crippen LogP contribution < -0.4 is 5.32 Å². The molecule has 0 aliphatic carbocycles. The Balaban J connectivity index is 1.75. The van der Waals surface area contributed by atoms with E-state index in [9.17, 15) is 0 Å². The number of pyridine rings is 1. The Morgan fingerprint density at radius 2 is 2.30 bits per heavy atom. The van der Waals surface area contributed by atoms with Crippen LogP contribution in [0.2, 0.25) is 0 Å². The predicted octanol–water partition coefficient (Wildman–Crippen LogP) is 2.19. The average Bonchev–Trinajstić information content (AvgIpc) is 2.88. The van der Waals surface area contributed by atoms with Crippen molar-refractivity contribution in [2.45, 2.75) is 12.5 Å². The Kier molecular flexibility index (Phi) is 4.45. The fourth-order valence-electron chi connectivity index (χ4n) is 1.96. The zero-order valence-electron chi connectivity index (χ0n) is 10.5. The number of morpholine rings is 1. The van der Waals surface area contributed by atoms with Crippen LogP contribution in [0, 0.1) is 0 Å². The molecule has 0 amide bonds. The minimum absolute atomic E-state index is 0.0818. The van der Waals surface area contributed by atoms with E-state index < -0.39 is 0 Å². The van der Waals surface area contributed by atoms with Crippen LogP contribution in [0.25, 0.3) is 11.5 Å². The van der Waals surface area contributed by atoms with Gasteiger partial charge in [-0.1, -0.05) is 5.16 Å². The summed E-state index contributed by atoms with van der Waals surface area (Å²) >= 11 is 6.80. The first-order valence-corrected chi connectivity index (χ1v) is 7.77. The van der Waals surface area contributed by atoms with E-state index in [1.807, 2.05) is 6.07 Å². The number of nitrogens with zero attached hydrogens (tertiary/aromatic N) is 3. The first-order valence-electron chi connectivity index (χ1n) is 6.18. The number of ether oxygens (including phenoxy) is 1. The van der Waals surface area contributed by atoms with E-state index in [2.05, 4.69) is 52.3 Å². The molecule has 0 saturated carbocycles. The number of hydrogen-bond acceptors (Lipinski definition) is 6. The third-order valence-electron chi connectivity index (χ3n) is 2.89. The Morgan fingerprint density at radius 3 is 3.05 bits per heavy atom. The molecule has 3 heterocycles. The maximum Gasteiger partial charge on any atom is 0.229 e. The van der Waals surface area contributed by atoms with Crippen molar-refractivity contribution in [1.82, 2.24) is 20.4 Å². The van der Waals surface area contributed by atoms with Crippen LogP contribution in [0.4, 0.5) is 0 Å². The van der Waals surface area contributed by atoms with Crippen LogP contribution in [0.15, 0.2) is 25.7 Å². The fraction of sp³-hybridized carbons (Fsp3) is 0.417. The lowest BCUT2D eigenvalue weighted by atomic mass is 10.2. The molecule has 6 nitrogen and oxygen atoms in total. The van der Waals surface area contributed by atoms with E-state index in [0.717, 1.165) is 22.0 Å². The van der Waals surface area contributed by atoms with Gasteiger partial charge in [-0.15, -0.1) is 0 Å². The molecule has 1 unspecified atom stereocenters. The molecule has 0 spiro atoms. The molecule has 1 N–H and O–H groups in total. The van der Waals surface area contributed by atoms with Gasteiger partial charge in [0, 0.05) is 28.2 Å². The number of hydrogen-bond donors (Lipinski definition) is 1. The largest absolute Gasteiger partial charge is 0.375 e. The van der Waals surface area contributed by atoms with Gasteiger partial charge < -0.3 is 14.6 Å². The lowest BCUT2D eigenvalue weighted by Crippen LogP contribution is -2.39. The van der Waals surface area contributed by atoms with Crippen molar-refractivity contribution in [2.75, 3.05) is 19.7 Å². The Bertz CT molecular complexity index is 599. The summed E-state index contributed by atoms with van der Waals surface area (Å²) in [5.74, 6) is 1.04. The average molecular weight is 404 g/mol. The molecule has 3 rings (SSSR count). The zero-order chi connectivity index (χ0) is 13.9. The molecular formula is C12H12Br2N4O2. The van der Waals surface area contributed by atoms with Gasteiger partial charge in [0.2, 0.25) is 11.7 Å². The molecule has 1 aliphatic heterocycles. The van der Waals surface area contributed by atoms with Crippen LogP contribution in [0.3, 0.4) is 0 Å². The highest BCUT2D eigenvalue weighted by Crippen LogP contribution is 2.26. The highest BCUT2D eigenvalue weighted by atomic mass is 79.9. The van der Waals surface area contributed by atoms with Gasteiger partial charge in [-0.25, -0.2) is 0 Å².